The Morgan fingerprint density at radius 3 is 2.72 bits per heavy atom. The molecule has 4 aromatic rings. The zero-order chi connectivity index (χ0) is 17.4. The molecule has 2 aromatic carbocycles. The molecule has 0 atom stereocenters. The number of nitrogens with one attached hydrogen (secondary N) is 1. The van der Waals surface area contributed by atoms with Crippen molar-refractivity contribution in [2.75, 3.05) is 5.32 Å². The van der Waals surface area contributed by atoms with Crippen molar-refractivity contribution >= 4 is 60.7 Å². The summed E-state index contributed by atoms with van der Waals surface area (Å²) in [6.07, 6.45) is 0. The van der Waals surface area contributed by atoms with Crippen molar-refractivity contribution in [2.45, 2.75) is 0 Å². The molecule has 0 bridgehead atoms. The van der Waals surface area contributed by atoms with Gasteiger partial charge in [0, 0.05) is 25.9 Å². The quantitative estimate of drug-likeness (QED) is 0.398. The van der Waals surface area contributed by atoms with Crippen LogP contribution in [-0.4, -0.2) is 4.98 Å². The predicted molar refractivity (Wildman–Crippen MR) is 106 cm³/mol. The molecule has 25 heavy (non-hydrogen) atoms. The number of aromatic nitrogens is 1. The average Bonchev–Trinajstić information content (AvgIpc) is 3.05. The maximum Gasteiger partial charge on any atom is 0.345 e. The predicted octanol–water partition coefficient (Wildman–Crippen LogP) is 6.08. The van der Waals surface area contributed by atoms with E-state index in [1.807, 2.05) is 29.6 Å². The van der Waals surface area contributed by atoms with Gasteiger partial charge in [-0.05, 0) is 48.5 Å². The van der Waals surface area contributed by atoms with Gasteiger partial charge in [-0.15, -0.1) is 11.3 Å². The van der Waals surface area contributed by atoms with E-state index < -0.39 is 5.63 Å². The second kappa shape index (κ2) is 6.63. The first-order chi connectivity index (χ1) is 12.1. The second-order valence-electron chi connectivity index (χ2n) is 5.30. The molecule has 0 unspecified atom stereocenters. The average molecular weight is 434 g/mol. The van der Waals surface area contributed by atoms with Crippen LogP contribution in [0.15, 0.2) is 67.6 Å². The van der Waals surface area contributed by atoms with Crippen LogP contribution in [0.2, 0.25) is 5.02 Å². The molecule has 0 saturated carbocycles. The highest BCUT2D eigenvalue weighted by atomic mass is 79.9. The molecule has 0 aliphatic rings. The molecule has 0 spiro atoms. The first kappa shape index (κ1) is 16.3. The fourth-order valence-electron chi connectivity index (χ4n) is 2.38. The van der Waals surface area contributed by atoms with Crippen molar-refractivity contribution in [3.05, 3.63) is 73.8 Å². The van der Waals surface area contributed by atoms with Crippen molar-refractivity contribution in [1.82, 2.24) is 4.98 Å². The molecule has 1 N–H and O–H groups in total. The Morgan fingerprint density at radius 2 is 1.92 bits per heavy atom. The van der Waals surface area contributed by atoms with Gasteiger partial charge < -0.3 is 9.73 Å². The topological polar surface area (TPSA) is 55.1 Å². The number of anilines is 2. The summed E-state index contributed by atoms with van der Waals surface area (Å²) in [6.45, 7) is 0. The number of nitrogens with zero attached hydrogens (tertiary/aromatic N) is 1. The number of fused-ring (bicyclic) bond motifs is 1. The molecule has 0 amide bonds. The summed E-state index contributed by atoms with van der Waals surface area (Å²) in [7, 11) is 0. The minimum Gasteiger partial charge on any atom is -0.422 e. The molecular formula is C18H10BrClN2O2S. The third-order valence-electron chi connectivity index (χ3n) is 3.57. The maximum atomic E-state index is 12.3. The standard InChI is InChI=1S/C18H10BrClN2O2S/c19-11-1-4-13(5-2-11)21-18-22-15(9-25-18)14-8-10-7-12(20)3-6-16(10)24-17(14)23/h1-9H,(H,21,22). The summed E-state index contributed by atoms with van der Waals surface area (Å²) in [4.78, 5) is 16.8. The Bertz CT molecular complexity index is 1120. The van der Waals surface area contributed by atoms with E-state index in [1.165, 1.54) is 11.3 Å². The fraction of sp³-hybridized carbons (Fsp3) is 0. The van der Waals surface area contributed by atoms with Crippen molar-refractivity contribution in [1.29, 1.82) is 0 Å². The second-order valence-corrected chi connectivity index (χ2v) is 7.51. The highest BCUT2D eigenvalue weighted by molar-refractivity contribution is 9.10. The zero-order valence-electron chi connectivity index (χ0n) is 12.6. The number of thiazole rings is 1. The normalized spacial score (nSPS) is 11.0. The van der Waals surface area contributed by atoms with Gasteiger partial charge >= 0.3 is 5.63 Å². The van der Waals surface area contributed by atoms with Gasteiger partial charge in [0.05, 0.1) is 11.3 Å². The van der Waals surface area contributed by atoms with Crippen LogP contribution in [-0.2, 0) is 0 Å². The molecule has 0 aliphatic heterocycles. The molecule has 2 heterocycles. The lowest BCUT2D eigenvalue weighted by Gasteiger charge is -2.02. The smallest absolute Gasteiger partial charge is 0.345 e. The van der Waals surface area contributed by atoms with Crippen LogP contribution < -0.4 is 10.9 Å². The van der Waals surface area contributed by atoms with Gasteiger partial charge in [-0.3, -0.25) is 0 Å². The summed E-state index contributed by atoms with van der Waals surface area (Å²) < 4.78 is 6.37. The van der Waals surface area contributed by atoms with Gasteiger partial charge in [-0.2, -0.15) is 0 Å². The molecule has 0 radical (unpaired) electrons. The van der Waals surface area contributed by atoms with Crippen LogP contribution in [0.3, 0.4) is 0 Å². The number of hydrogen-bond acceptors (Lipinski definition) is 5. The summed E-state index contributed by atoms with van der Waals surface area (Å²) in [5.74, 6) is 0. The number of hydrogen-bond donors (Lipinski definition) is 1. The van der Waals surface area contributed by atoms with E-state index >= 15 is 0 Å². The summed E-state index contributed by atoms with van der Waals surface area (Å²) in [5.41, 5.74) is 1.98. The SMILES string of the molecule is O=c1oc2ccc(Cl)cc2cc1-c1csc(Nc2ccc(Br)cc2)n1. The van der Waals surface area contributed by atoms with Crippen LogP contribution in [0.5, 0.6) is 0 Å². The Morgan fingerprint density at radius 1 is 1.12 bits per heavy atom. The molecule has 0 fully saturated rings. The Kier molecular flexibility index (Phi) is 4.33. The number of halogens is 2. The van der Waals surface area contributed by atoms with E-state index in [0.717, 1.165) is 15.5 Å². The van der Waals surface area contributed by atoms with Crippen LogP contribution in [0.1, 0.15) is 0 Å². The van der Waals surface area contributed by atoms with Crippen molar-refractivity contribution in [2.24, 2.45) is 0 Å². The van der Waals surface area contributed by atoms with Gasteiger partial charge in [0.2, 0.25) is 0 Å². The fourth-order valence-corrected chi connectivity index (χ4v) is 3.56. The highest BCUT2D eigenvalue weighted by Crippen LogP contribution is 2.28. The molecule has 4 nitrogen and oxygen atoms in total. The van der Waals surface area contributed by atoms with E-state index in [2.05, 4.69) is 26.2 Å². The molecule has 2 aromatic heterocycles. The largest absolute Gasteiger partial charge is 0.422 e. The molecule has 0 saturated heterocycles. The highest BCUT2D eigenvalue weighted by Gasteiger charge is 2.12. The van der Waals surface area contributed by atoms with Gasteiger partial charge in [0.1, 0.15) is 5.58 Å². The van der Waals surface area contributed by atoms with E-state index in [0.29, 0.717) is 27.0 Å². The lowest BCUT2D eigenvalue weighted by atomic mass is 10.1. The first-order valence-corrected chi connectivity index (χ1v) is 9.35. The van der Waals surface area contributed by atoms with Crippen LogP contribution in [0, 0.1) is 0 Å². The van der Waals surface area contributed by atoms with Crippen LogP contribution >= 0.6 is 38.9 Å². The summed E-state index contributed by atoms with van der Waals surface area (Å²) in [5, 5.41) is 7.09. The number of rotatable bonds is 3. The third-order valence-corrected chi connectivity index (χ3v) is 5.09. The van der Waals surface area contributed by atoms with Crippen molar-refractivity contribution in [3.63, 3.8) is 0 Å². The Labute approximate surface area is 160 Å². The molecule has 0 aliphatic carbocycles. The van der Waals surface area contributed by atoms with Gasteiger partial charge in [0.15, 0.2) is 5.13 Å². The Hall–Kier alpha value is -2.15. The maximum absolute atomic E-state index is 12.3. The van der Waals surface area contributed by atoms with E-state index in [1.54, 1.807) is 24.3 Å². The number of benzene rings is 2. The molecular weight excluding hydrogens is 424 g/mol. The van der Waals surface area contributed by atoms with E-state index in [9.17, 15) is 4.79 Å². The monoisotopic (exact) mass is 432 g/mol. The third kappa shape index (κ3) is 3.46. The van der Waals surface area contributed by atoms with Crippen LogP contribution in [0.4, 0.5) is 10.8 Å². The lowest BCUT2D eigenvalue weighted by Crippen LogP contribution is -2.03. The minimum atomic E-state index is -0.421. The van der Waals surface area contributed by atoms with Crippen LogP contribution in [0.25, 0.3) is 22.2 Å². The summed E-state index contributed by atoms with van der Waals surface area (Å²) >= 11 is 10.8. The molecule has 4 rings (SSSR count). The van der Waals surface area contributed by atoms with E-state index in [4.69, 9.17) is 16.0 Å². The summed E-state index contributed by atoms with van der Waals surface area (Å²) in [6, 6.07) is 14.7. The molecule has 7 heteroatoms. The van der Waals surface area contributed by atoms with Gasteiger partial charge in [0.25, 0.3) is 0 Å². The lowest BCUT2D eigenvalue weighted by molar-refractivity contribution is 0.563. The van der Waals surface area contributed by atoms with Gasteiger partial charge in [-0.25, -0.2) is 9.78 Å². The van der Waals surface area contributed by atoms with Gasteiger partial charge in [-0.1, -0.05) is 27.5 Å². The Balaban J connectivity index is 1.69. The van der Waals surface area contributed by atoms with E-state index in [-0.39, 0.29) is 0 Å². The minimum absolute atomic E-state index is 0.412. The van der Waals surface area contributed by atoms with Crippen molar-refractivity contribution < 1.29 is 4.42 Å². The molecule has 124 valence electrons. The zero-order valence-corrected chi connectivity index (χ0v) is 15.8. The first-order valence-electron chi connectivity index (χ1n) is 7.30. The van der Waals surface area contributed by atoms with Crippen molar-refractivity contribution in [3.8, 4) is 11.3 Å².